The number of Topliss-reactive ketones (excluding diaryl/α,β-unsaturated/α-hetero) is 1. The lowest BCUT2D eigenvalue weighted by Gasteiger charge is -2.56. The van der Waals surface area contributed by atoms with Crippen LogP contribution < -0.4 is 5.32 Å². The highest BCUT2D eigenvalue weighted by molar-refractivity contribution is 5.94. The van der Waals surface area contributed by atoms with Gasteiger partial charge in [-0.3, -0.25) is 14.4 Å². The van der Waals surface area contributed by atoms with E-state index >= 15 is 0 Å². The monoisotopic (exact) mass is 435 g/mol. The second-order valence-electron chi connectivity index (χ2n) is 10.6. The molecule has 9 nitrogen and oxygen atoms in total. The quantitative estimate of drug-likeness (QED) is 0.482. The first kappa shape index (κ1) is 20.9. The first-order valence-corrected chi connectivity index (χ1v) is 11.1. The minimum atomic E-state index is -1.27. The molecule has 0 unspecified atom stereocenters. The molecule has 6 aliphatic rings. The van der Waals surface area contributed by atoms with E-state index < -0.39 is 35.4 Å². The van der Waals surface area contributed by atoms with Crippen molar-refractivity contribution >= 4 is 23.6 Å². The van der Waals surface area contributed by atoms with Gasteiger partial charge < -0.3 is 25.0 Å². The number of fused-ring (bicyclic) bond motifs is 1. The average Bonchev–Trinajstić information content (AvgIpc) is 3.40. The van der Waals surface area contributed by atoms with Crippen molar-refractivity contribution in [2.45, 2.75) is 88.7 Å². The normalized spacial score (nSPS) is 46.9. The third-order valence-electron chi connectivity index (χ3n) is 8.82. The predicted molar refractivity (Wildman–Crippen MR) is 104 cm³/mol. The van der Waals surface area contributed by atoms with Crippen LogP contribution in [0.25, 0.3) is 0 Å². The summed E-state index contributed by atoms with van der Waals surface area (Å²) in [4.78, 5) is 48.0. The van der Waals surface area contributed by atoms with Crippen molar-refractivity contribution in [1.82, 2.24) is 5.32 Å². The highest BCUT2D eigenvalue weighted by Gasteiger charge is 2.81. The summed E-state index contributed by atoms with van der Waals surface area (Å²) in [7, 11) is 0. The number of carboxylic acids is 2. The number of carbonyl (C=O) groups excluding carboxylic acids is 2. The molecule has 9 heteroatoms. The zero-order valence-corrected chi connectivity index (χ0v) is 17.8. The molecule has 3 N–H and O–H groups in total. The lowest BCUT2D eigenvalue weighted by Crippen LogP contribution is -2.61. The van der Waals surface area contributed by atoms with E-state index in [0.29, 0.717) is 12.3 Å². The molecule has 1 amide bonds. The maximum atomic E-state index is 13.3. The molecule has 3 saturated carbocycles. The molecule has 3 aliphatic heterocycles. The highest BCUT2D eigenvalue weighted by atomic mass is 16.6. The molecule has 9 atom stereocenters. The Morgan fingerprint density at radius 1 is 1.23 bits per heavy atom. The zero-order valence-electron chi connectivity index (χ0n) is 17.8. The molecule has 4 bridgehead atoms. The van der Waals surface area contributed by atoms with Gasteiger partial charge in [-0.25, -0.2) is 4.79 Å². The Morgan fingerprint density at radius 3 is 2.61 bits per heavy atom. The fraction of sp³-hybridized carbons (Fsp3) is 0.818. The number of rotatable bonds is 8. The maximum absolute atomic E-state index is 13.3. The van der Waals surface area contributed by atoms with E-state index in [9.17, 15) is 24.3 Å². The molecule has 3 aliphatic carbocycles. The van der Waals surface area contributed by atoms with Gasteiger partial charge in [0.2, 0.25) is 5.91 Å². The lowest BCUT2D eigenvalue weighted by atomic mass is 9.48. The summed E-state index contributed by atoms with van der Waals surface area (Å²) in [6, 6.07) is -1.26. The fourth-order valence-electron chi connectivity index (χ4n) is 7.61. The van der Waals surface area contributed by atoms with Crippen LogP contribution in [0.5, 0.6) is 0 Å². The summed E-state index contributed by atoms with van der Waals surface area (Å²) in [5.41, 5.74) is -0.985. The Labute approximate surface area is 179 Å². The summed E-state index contributed by atoms with van der Waals surface area (Å²) >= 11 is 0. The van der Waals surface area contributed by atoms with Crippen LogP contribution in [0.1, 0.15) is 58.8 Å². The van der Waals surface area contributed by atoms with Crippen molar-refractivity contribution in [2.24, 2.45) is 22.7 Å². The van der Waals surface area contributed by atoms with Crippen LogP contribution in [0.15, 0.2) is 0 Å². The fourth-order valence-corrected chi connectivity index (χ4v) is 7.61. The summed E-state index contributed by atoms with van der Waals surface area (Å²) < 4.78 is 12.3. The number of aliphatic carboxylic acids is 2. The number of hydrogen-bond acceptors (Lipinski definition) is 6. The molecule has 0 aromatic rings. The van der Waals surface area contributed by atoms with Crippen molar-refractivity contribution in [2.75, 3.05) is 0 Å². The van der Waals surface area contributed by atoms with E-state index in [1.165, 1.54) is 0 Å². The van der Waals surface area contributed by atoms with Gasteiger partial charge in [-0.05, 0) is 44.9 Å². The molecule has 6 fully saturated rings. The Morgan fingerprint density at radius 2 is 1.97 bits per heavy atom. The summed E-state index contributed by atoms with van der Waals surface area (Å²) in [5, 5.41) is 20.5. The van der Waals surface area contributed by atoms with Gasteiger partial charge >= 0.3 is 11.9 Å². The van der Waals surface area contributed by atoms with E-state index in [1.807, 2.05) is 6.92 Å². The average molecular weight is 435 g/mol. The minimum Gasteiger partial charge on any atom is -0.481 e. The summed E-state index contributed by atoms with van der Waals surface area (Å²) in [6.45, 7) is 4.09. The van der Waals surface area contributed by atoms with Gasteiger partial charge in [-0.1, -0.05) is 6.92 Å². The third kappa shape index (κ3) is 2.88. The SMILES string of the molecule is C[C@@]12C[C@]34C[C@H]1C[C@H](O2)[C@H]3[C@](C)(CCC(=O)N[C@@H](CCC(=O)O)C(=O)O)C(=O)[C@@H]1O[C@@H]14. The first-order valence-electron chi connectivity index (χ1n) is 11.1. The van der Waals surface area contributed by atoms with E-state index in [0.717, 1.165) is 19.3 Å². The first-order chi connectivity index (χ1) is 14.5. The Hall–Kier alpha value is -2.00. The van der Waals surface area contributed by atoms with Crippen LogP contribution in [-0.4, -0.2) is 63.8 Å². The molecule has 6 rings (SSSR count). The number of carbonyl (C=O) groups is 4. The number of ether oxygens (including phenoxy) is 2. The van der Waals surface area contributed by atoms with Gasteiger partial charge in [0, 0.05) is 29.6 Å². The van der Waals surface area contributed by atoms with Gasteiger partial charge in [-0.2, -0.15) is 0 Å². The molecule has 31 heavy (non-hydrogen) atoms. The summed E-state index contributed by atoms with van der Waals surface area (Å²) in [5.74, 6) is -2.36. The second kappa shape index (κ2) is 6.51. The minimum absolute atomic E-state index is 0.00171. The largest absolute Gasteiger partial charge is 0.481 e. The van der Waals surface area contributed by atoms with Gasteiger partial charge in [0.15, 0.2) is 5.78 Å². The molecule has 0 aromatic carbocycles. The summed E-state index contributed by atoms with van der Waals surface area (Å²) in [6.07, 6.45) is 2.13. The Kier molecular flexibility index (Phi) is 4.38. The van der Waals surface area contributed by atoms with Crippen LogP contribution in [0, 0.1) is 22.7 Å². The third-order valence-corrected chi connectivity index (χ3v) is 8.82. The topological polar surface area (TPSA) is 143 Å². The zero-order chi connectivity index (χ0) is 22.3. The number of hydrogen-bond donors (Lipinski definition) is 3. The van der Waals surface area contributed by atoms with Gasteiger partial charge in [-0.15, -0.1) is 0 Å². The number of carboxylic acid groups (broad SMARTS) is 2. The molecule has 0 radical (unpaired) electrons. The van der Waals surface area contributed by atoms with Crippen molar-refractivity contribution in [3.05, 3.63) is 0 Å². The van der Waals surface area contributed by atoms with E-state index in [1.54, 1.807) is 0 Å². The second-order valence-corrected chi connectivity index (χ2v) is 10.6. The standard InChI is InChI=1S/C22H29NO8/c1-20(6-5-13(24)23-11(19(28)29)3-4-14(25)26)16-12-7-10-8-22(16,9-21(10,2)31-12)18-15(30-18)17(20)27/h10-12,15-16,18H,3-9H2,1-2H3,(H,23,24)(H,25,26)(H,28,29)/t10-,11+,12+,15+,16+,18+,20+,21-,22-/m1/s1. The van der Waals surface area contributed by atoms with E-state index in [-0.39, 0.29) is 54.2 Å². The molecule has 0 aromatic heterocycles. The van der Waals surface area contributed by atoms with E-state index in [2.05, 4.69) is 12.2 Å². The number of nitrogens with one attached hydrogen (secondary N) is 1. The number of amides is 1. The van der Waals surface area contributed by atoms with Crippen LogP contribution in [0.3, 0.4) is 0 Å². The predicted octanol–water partition coefficient (Wildman–Crippen LogP) is 1.13. The molecule has 1 spiro atoms. The van der Waals surface area contributed by atoms with Crippen molar-refractivity contribution in [3.8, 4) is 0 Å². The van der Waals surface area contributed by atoms with E-state index in [4.69, 9.17) is 14.6 Å². The molecular weight excluding hydrogens is 406 g/mol. The number of epoxide rings is 1. The molecular formula is C22H29NO8. The van der Waals surface area contributed by atoms with Gasteiger partial charge in [0.05, 0.1) is 17.8 Å². The smallest absolute Gasteiger partial charge is 0.326 e. The van der Waals surface area contributed by atoms with Crippen LogP contribution in [0.4, 0.5) is 0 Å². The Balaban J connectivity index is 1.31. The lowest BCUT2D eigenvalue weighted by molar-refractivity contribution is -0.186. The maximum Gasteiger partial charge on any atom is 0.326 e. The Bertz CT molecular complexity index is 874. The number of ketones is 1. The van der Waals surface area contributed by atoms with Gasteiger partial charge in [0.25, 0.3) is 0 Å². The van der Waals surface area contributed by atoms with Crippen molar-refractivity contribution in [3.63, 3.8) is 0 Å². The van der Waals surface area contributed by atoms with Gasteiger partial charge in [0.1, 0.15) is 12.1 Å². The molecule has 3 saturated heterocycles. The van der Waals surface area contributed by atoms with Crippen LogP contribution in [-0.2, 0) is 28.7 Å². The van der Waals surface area contributed by atoms with Crippen LogP contribution in [0.2, 0.25) is 0 Å². The van der Waals surface area contributed by atoms with Crippen molar-refractivity contribution in [1.29, 1.82) is 0 Å². The molecule has 170 valence electrons. The molecule has 3 heterocycles. The van der Waals surface area contributed by atoms with Crippen molar-refractivity contribution < 1.29 is 38.9 Å². The highest BCUT2D eigenvalue weighted by Crippen LogP contribution is 2.76. The van der Waals surface area contributed by atoms with Crippen LogP contribution >= 0.6 is 0 Å².